The molecule has 1 amide bonds. The topological polar surface area (TPSA) is 75.6 Å². The van der Waals surface area contributed by atoms with Crippen molar-refractivity contribution in [3.8, 4) is 0 Å². The van der Waals surface area contributed by atoms with Crippen LogP contribution in [-0.4, -0.2) is 29.2 Å². The molecule has 3 unspecified atom stereocenters. The first-order valence-electron chi connectivity index (χ1n) is 6.83. The van der Waals surface area contributed by atoms with Crippen LogP contribution in [0.1, 0.15) is 43.5 Å². The van der Waals surface area contributed by atoms with E-state index in [9.17, 15) is 9.59 Å². The zero-order valence-electron chi connectivity index (χ0n) is 11.4. The Balaban J connectivity index is 1.94. The van der Waals surface area contributed by atoms with Crippen LogP contribution < -0.4 is 5.32 Å². The van der Waals surface area contributed by atoms with Gasteiger partial charge in [-0.2, -0.15) is 0 Å². The lowest BCUT2D eigenvalue weighted by atomic mass is 10.1. The van der Waals surface area contributed by atoms with Crippen molar-refractivity contribution in [2.75, 3.05) is 0 Å². The van der Waals surface area contributed by atoms with Crippen LogP contribution >= 0.6 is 11.3 Å². The summed E-state index contributed by atoms with van der Waals surface area (Å²) in [5.74, 6) is -1.20. The minimum atomic E-state index is -0.997. The molecule has 6 heteroatoms. The summed E-state index contributed by atoms with van der Waals surface area (Å²) in [7, 11) is 0. The van der Waals surface area contributed by atoms with Crippen LogP contribution in [0.4, 0.5) is 0 Å². The highest BCUT2D eigenvalue weighted by atomic mass is 32.1. The van der Waals surface area contributed by atoms with Gasteiger partial charge >= 0.3 is 5.97 Å². The minimum absolute atomic E-state index is 0.0139. The predicted molar refractivity (Wildman–Crippen MR) is 75.6 cm³/mol. The maximum absolute atomic E-state index is 12.2. The van der Waals surface area contributed by atoms with E-state index in [2.05, 4.69) is 12.2 Å². The third-order valence-corrected chi connectivity index (χ3v) is 4.35. The number of carboxylic acid groups (broad SMARTS) is 1. The highest BCUT2D eigenvalue weighted by Gasteiger charge is 2.35. The maximum Gasteiger partial charge on any atom is 0.332 e. The lowest BCUT2D eigenvalue weighted by Gasteiger charge is -2.19. The molecule has 2 N–H and O–H groups in total. The third kappa shape index (κ3) is 3.58. The van der Waals surface area contributed by atoms with Crippen molar-refractivity contribution in [3.05, 3.63) is 22.4 Å². The highest BCUT2D eigenvalue weighted by molar-refractivity contribution is 7.10. The summed E-state index contributed by atoms with van der Waals surface area (Å²) < 4.78 is 5.27. The second kappa shape index (κ2) is 6.85. The molecule has 1 aliphatic rings. The Morgan fingerprint density at radius 3 is 2.80 bits per heavy atom. The second-order valence-corrected chi connectivity index (χ2v) is 5.87. The molecule has 0 bridgehead atoms. The first-order chi connectivity index (χ1) is 9.61. The van der Waals surface area contributed by atoms with Crippen molar-refractivity contribution in [1.29, 1.82) is 0 Å². The van der Waals surface area contributed by atoms with Crippen molar-refractivity contribution in [2.24, 2.45) is 0 Å². The molecule has 1 aromatic rings. The molecule has 0 radical (unpaired) electrons. The fourth-order valence-corrected chi connectivity index (χ4v) is 3.15. The summed E-state index contributed by atoms with van der Waals surface area (Å²) in [5.41, 5.74) is 0. The van der Waals surface area contributed by atoms with Crippen LogP contribution in [0.25, 0.3) is 0 Å². The van der Waals surface area contributed by atoms with Crippen LogP contribution in [0.5, 0.6) is 0 Å². The second-order valence-electron chi connectivity index (χ2n) is 4.89. The molecule has 0 aromatic carbocycles. The molecule has 1 saturated heterocycles. The number of aliphatic carboxylic acids is 1. The lowest BCUT2D eigenvalue weighted by Crippen LogP contribution is -2.37. The Bertz CT molecular complexity index is 460. The zero-order chi connectivity index (χ0) is 14.5. The van der Waals surface area contributed by atoms with E-state index in [1.807, 2.05) is 17.5 Å². The van der Waals surface area contributed by atoms with Gasteiger partial charge in [0, 0.05) is 4.88 Å². The number of carbonyl (C=O) groups is 2. The van der Waals surface area contributed by atoms with Gasteiger partial charge in [-0.1, -0.05) is 19.4 Å². The molecular weight excluding hydrogens is 278 g/mol. The maximum atomic E-state index is 12.2. The number of carbonyl (C=O) groups excluding carboxylic acids is 1. The molecule has 0 aliphatic carbocycles. The summed E-state index contributed by atoms with van der Waals surface area (Å²) >= 11 is 1.61. The van der Waals surface area contributed by atoms with E-state index in [4.69, 9.17) is 9.84 Å². The minimum Gasteiger partial charge on any atom is -0.479 e. The monoisotopic (exact) mass is 297 g/mol. The molecule has 0 spiro atoms. The van der Waals surface area contributed by atoms with Gasteiger partial charge in [-0.3, -0.25) is 4.79 Å². The third-order valence-electron chi connectivity index (χ3n) is 3.37. The normalized spacial score (nSPS) is 23.4. The highest BCUT2D eigenvalue weighted by Crippen LogP contribution is 2.25. The van der Waals surface area contributed by atoms with Gasteiger partial charge in [-0.05, 0) is 30.7 Å². The average molecular weight is 297 g/mol. The van der Waals surface area contributed by atoms with E-state index in [-0.39, 0.29) is 11.9 Å². The number of nitrogens with one attached hydrogen (secondary N) is 1. The SMILES string of the molecule is CCCC(NC(=O)C1CCC(C(=O)O)O1)c1cccs1. The molecule has 5 nitrogen and oxygen atoms in total. The van der Waals surface area contributed by atoms with Crippen LogP contribution in [0, 0.1) is 0 Å². The van der Waals surface area contributed by atoms with E-state index in [0.717, 1.165) is 17.7 Å². The van der Waals surface area contributed by atoms with Gasteiger partial charge < -0.3 is 15.2 Å². The van der Waals surface area contributed by atoms with Crippen LogP contribution in [0.15, 0.2) is 17.5 Å². The largest absolute Gasteiger partial charge is 0.479 e. The van der Waals surface area contributed by atoms with Crippen molar-refractivity contribution in [3.63, 3.8) is 0 Å². The number of ether oxygens (including phenoxy) is 1. The summed E-state index contributed by atoms with van der Waals surface area (Å²) in [5, 5.41) is 13.8. The smallest absolute Gasteiger partial charge is 0.332 e. The molecule has 1 aliphatic heterocycles. The standard InChI is InChI=1S/C14H19NO4S/c1-2-4-9(12-5-3-8-20-12)15-13(16)10-6-7-11(19-10)14(17)18/h3,5,8-11H,2,4,6-7H2,1H3,(H,15,16)(H,17,18). The van der Waals surface area contributed by atoms with Gasteiger partial charge in [0.25, 0.3) is 0 Å². The average Bonchev–Trinajstić information content (AvgIpc) is 3.09. The Morgan fingerprint density at radius 2 is 2.25 bits per heavy atom. The van der Waals surface area contributed by atoms with Gasteiger partial charge in [0.05, 0.1) is 6.04 Å². The molecule has 20 heavy (non-hydrogen) atoms. The fraction of sp³-hybridized carbons (Fsp3) is 0.571. The number of carboxylic acids is 1. The Morgan fingerprint density at radius 1 is 1.50 bits per heavy atom. The van der Waals surface area contributed by atoms with Crippen molar-refractivity contribution in [1.82, 2.24) is 5.32 Å². The van der Waals surface area contributed by atoms with Crippen LogP contribution in [0.2, 0.25) is 0 Å². The number of hydrogen-bond donors (Lipinski definition) is 2. The first kappa shape index (κ1) is 15.0. The molecular formula is C14H19NO4S. The molecule has 110 valence electrons. The molecule has 0 saturated carbocycles. The Hall–Kier alpha value is -1.40. The summed E-state index contributed by atoms with van der Waals surface area (Å²) in [6, 6.07) is 3.95. The number of rotatable bonds is 6. The van der Waals surface area contributed by atoms with E-state index in [0.29, 0.717) is 12.8 Å². The summed E-state index contributed by atoms with van der Waals surface area (Å²) in [6.45, 7) is 2.07. The Labute approximate surface area is 121 Å². The number of amides is 1. The van der Waals surface area contributed by atoms with E-state index >= 15 is 0 Å². The van der Waals surface area contributed by atoms with Gasteiger partial charge in [-0.15, -0.1) is 11.3 Å². The number of thiophene rings is 1. The quantitative estimate of drug-likeness (QED) is 0.845. The van der Waals surface area contributed by atoms with Crippen LogP contribution in [0.3, 0.4) is 0 Å². The molecule has 2 heterocycles. The van der Waals surface area contributed by atoms with Crippen LogP contribution in [-0.2, 0) is 14.3 Å². The number of hydrogen-bond acceptors (Lipinski definition) is 4. The molecule has 3 atom stereocenters. The van der Waals surface area contributed by atoms with E-state index in [1.54, 1.807) is 11.3 Å². The Kier molecular flexibility index (Phi) is 5.14. The predicted octanol–water partition coefficient (Wildman–Crippen LogP) is 2.34. The van der Waals surface area contributed by atoms with Gasteiger partial charge in [0.1, 0.15) is 6.10 Å². The van der Waals surface area contributed by atoms with Gasteiger partial charge in [0.15, 0.2) is 6.10 Å². The zero-order valence-corrected chi connectivity index (χ0v) is 12.2. The molecule has 2 rings (SSSR count). The van der Waals surface area contributed by atoms with Crippen molar-refractivity contribution < 1.29 is 19.4 Å². The van der Waals surface area contributed by atoms with Gasteiger partial charge in [0.2, 0.25) is 5.91 Å². The van der Waals surface area contributed by atoms with Gasteiger partial charge in [-0.25, -0.2) is 4.79 Å². The molecule has 1 fully saturated rings. The summed E-state index contributed by atoms with van der Waals surface area (Å²) in [6.07, 6.45) is 1.19. The fourth-order valence-electron chi connectivity index (χ4n) is 2.34. The van der Waals surface area contributed by atoms with Crippen molar-refractivity contribution in [2.45, 2.75) is 50.9 Å². The van der Waals surface area contributed by atoms with E-state index < -0.39 is 18.2 Å². The van der Waals surface area contributed by atoms with Crippen molar-refractivity contribution >= 4 is 23.2 Å². The summed E-state index contributed by atoms with van der Waals surface area (Å²) in [4.78, 5) is 24.1. The first-order valence-corrected chi connectivity index (χ1v) is 7.71. The molecule has 1 aromatic heterocycles. The van der Waals surface area contributed by atoms with E-state index in [1.165, 1.54) is 0 Å². The lowest BCUT2D eigenvalue weighted by molar-refractivity contribution is -0.151.